The molecule has 0 radical (unpaired) electrons. The van der Waals surface area contributed by atoms with Crippen LogP contribution in [0, 0.1) is 11.3 Å². The Morgan fingerprint density at radius 1 is 1.22 bits per heavy atom. The predicted octanol–water partition coefficient (Wildman–Crippen LogP) is 5.15. The first-order valence-electron chi connectivity index (χ1n) is 9.82. The Balaban J connectivity index is 1.65. The molecule has 0 fully saturated rings. The second-order valence-electron chi connectivity index (χ2n) is 8.54. The lowest BCUT2D eigenvalue weighted by Crippen LogP contribution is -2.38. The van der Waals surface area contributed by atoms with Crippen molar-refractivity contribution >= 4 is 22.2 Å². The number of rotatable bonds is 3. The molecule has 0 spiro atoms. The van der Waals surface area contributed by atoms with Gasteiger partial charge < -0.3 is 15.4 Å². The lowest BCUT2D eigenvalue weighted by atomic mass is 9.72. The molecule has 0 saturated carbocycles. The molecule has 0 unspecified atom stereocenters. The Bertz CT molecular complexity index is 866. The van der Waals surface area contributed by atoms with E-state index in [1.807, 2.05) is 31.2 Å². The molecule has 1 aromatic carbocycles. The minimum atomic E-state index is -0.258. The van der Waals surface area contributed by atoms with Gasteiger partial charge in [0, 0.05) is 10.4 Å². The summed E-state index contributed by atoms with van der Waals surface area (Å²) in [7, 11) is 0. The van der Waals surface area contributed by atoms with Gasteiger partial charge in [-0.05, 0) is 49.1 Å². The summed E-state index contributed by atoms with van der Waals surface area (Å²) in [6.45, 7) is 9.54. The first-order chi connectivity index (χ1) is 12.9. The van der Waals surface area contributed by atoms with Crippen molar-refractivity contribution in [3.05, 3.63) is 45.8 Å². The highest BCUT2D eigenvalue weighted by atomic mass is 32.1. The Morgan fingerprint density at radius 3 is 2.74 bits per heavy atom. The molecule has 144 valence electrons. The number of anilines is 1. The zero-order valence-corrected chi connectivity index (χ0v) is 17.3. The lowest BCUT2D eigenvalue weighted by molar-refractivity contribution is 0.0934. The van der Waals surface area contributed by atoms with Gasteiger partial charge in [0.1, 0.15) is 16.9 Å². The van der Waals surface area contributed by atoms with Crippen LogP contribution in [0.3, 0.4) is 0 Å². The molecule has 4 nitrogen and oxygen atoms in total. The standard InChI is InChI=1S/C22H28N2O2S/c1-5-26-16-9-7-6-8-14(16)19-23-20(25)18-15-11-10-13(22(2,3)4)12-17(15)27-21(18)24-19/h6-9,13,19,24H,5,10-12H2,1-4H3,(H,23,25)/t13-,19-/m1/s1. The molecule has 27 heavy (non-hydrogen) atoms. The van der Waals surface area contributed by atoms with Crippen molar-refractivity contribution in [3.63, 3.8) is 0 Å². The number of hydrogen-bond acceptors (Lipinski definition) is 4. The van der Waals surface area contributed by atoms with Gasteiger partial charge in [0.2, 0.25) is 0 Å². The summed E-state index contributed by atoms with van der Waals surface area (Å²) in [5.41, 5.74) is 3.40. The number of carbonyl (C=O) groups excluding carboxylic acids is 1. The Labute approximate surface area is 165 Å². The zero-order valence-electron chi connectivity index (χ0n) is 16.5. The summed E-state index contributed by atoms with van der Waals surface area (Å²) < 4.78 is 5.76. The molecule has 1 aliphatic carbocycles. The van der Waals surface area contributed by atoms with Crippen molar-refractivity contribution in [2.45, 2.75) is 53.1 Å². The fourth-order valence-corrected chi connectivity index (χ4v) is 5.55. The summed E-state index contributed by atoms with van der Waals surface area (Å²) in [6, 6.07) is 7.91. The molecule has 1 amide bonds. The summed E-state index contributed by atoms with van der Waals surface area (Å²) in [6.07, 6.45) is 2.97. The highest BCUT2D eigenvalue weighted by Crippen LogP contribution is 2.46. The van der Waals surface area contributed by atoms with Crippen molar-refractivity contribution in [1.82, 2.24) is 5.32 Å². The SMILES string of the molecule is CCOc1ccccc1[C@@H]1NC(=O)c2c(sc3c2CC[C@@H](C(C)(C)C)C3)N1. The summed E-state index contributed by atoms with van der Waals surface area (Å²) in [5, 5.41) is 7.71. The molecule has 2 N–H and O–H groups in total. The zero-order chi connectivity index (χ0) is 19.2. The van der Waals surface area contributed by atoms with E-state index in [1.54, 1.807) is 11.3 Å². The van der Waals surface area contributed by atoms with Gasteiger partial charge in [0.25, 0.3) is 5.91 Å². The number of thiophene rings is 1. The van der Waals surface area contributed by atoms with Gasteiger partial charge in [-0.25, -0.2) is 0 Å². The van der Waals surface area contributed by atoms with Crippen LogP contribution >= 0.6 is 11.3 Å². The van der Waals surface area contributed by atoms with Crippen molar-refractivity contribution < 1.29 is 9.53 Å². The second-order valence-corrected chi connectivity index (χ2v) is 9.64. The van der Waals surface area contributed by atoms with Crippen LogP contribution in [0.1, 0.15) is 66.6 Å². The highest BCUT2D eigenvalue weighted by molar-refractivity contribution is 7.16. The van der Waals surface area contributed by atoms with Crippen molar-refractivity contribution in [3.8, 4) is 5.75 Å². The van der Waals surface area contributed by atoms with Gasteiger partial charge in [0.05, 0.1) is 12.2 Å². The molecule has 2 heterocycles. The number of para-hydroxylation sites is 1. The van der Waals surface area contributed by atoms with E-state index in [-0.39, 0.29) is 12.1 Å². The number of amides is 1. The van der Waals surface area contributed by atoms with E-state index in [4.69, 9.17) is 4.74 Å². The third kappa shape index (κ3) is 3.33. The number of hydrogen-bond donors (Lipinski definition) is 2. The molecular weight excluding hydrogens is 356 g/mol. The Morgan fingerprint density at radius 2 is 2.00 bits per heavy atom. The topological polar surface area (TPSA) is 50.4 Å². The van der Waals surface area contributed by atoms with E-state index in [9.17, 15) is 4.79 Å². The smallest absolute Gasteiger partial charge is 0.256 e. The quantitative estimate of drug-likeness (QED) is 0.769. The van der Waals surface area contributed by atoms with Gasteiger partial charge in [0.15, 0.2) is 0 Å². The minimum absolute atomic E-state index is 0.0340. The van der Waals surface area contributed by atoms with E-state index in [0.717, 1.165) is 41.1 Å². The fraction of sp³-hybridized carbons (Fsp3) is 0.500. The molecule has 5 heteroatoms. The van der Waals surface area contributed by atoms with Gasteiger partial charge in [-0.1, -0.05) is 39.0 Å². The number of benzene rings is 1. The summed E-state index contributed by atoms with van der Waals surface area (Å²) >= 11 is 1.77. The van der Waals surface area contributed by atoms with Crippen molar-refractivity contribution in [1.29, 1.82) is 0 Å². The van der Waals surface area contributed by atoms with Crippen LogP contribution in [-0.4, -0.2) is 12.5 Å². The molecule has 0 bridgehead atoms. The summed E-state index contributed by atoms with van der Waals surface area (Å²) in [4.78, 5) is 14.3. The third-order valence-electron chi connectivity index (χ3n) is 5.80. The largest absolute Gasteiger partial charge is 0.493 e. The van der Waals surface area contributed by atoms with Crippen LogP contribution < -0.4 is 15.4 Å². The first-order valence-corrected chi connectivity index (χ1v) is 10.6. The molecule has 2 aliphatic rings. The molecular formula is C22H28N2O2S. The number of ether oxygens (including phenoxy) is 1. The molecule has 0 saturated heterocycles. The average Bonchev–Trinajstić information content (AvgIpc) is 2.99. The van der Waals surface area contributed by atoms with Gasteiger partial charge in [-0.3, -0.25) is 4.79 Å². The number of fused-ring (bicyclic) bond motifs is 3. The van der Waals surface area contributed by atoms with E-state index in [1.165, 1.54) is 10.4 Å². The van der Waals surface area contributed by atoms with E-state index < -0.39 is 0 Å². The molecule has 1 aromatic heterocycles. The van der Waals surface area contributed by atoms with Crippen LogP contribution in [0.5, 0.6) is 5.75 Å². The van der Waals surface area contributed by atoms with E-state index >= 15 is 0 Å². The molecule has 2 aromatic rings. The van der Waals surface area contributed by atoms with Gasteiger partial charge >= 0.3 is 0 Å². The Hall–Kier alpha value is -2.01. The Kier molecular flexibility index (Phi) is 4.66. The van der Waals surface area contributed by atoms with Crippen LogP contribution in [0.4, 0.5) is 5.00 Å². The minimum Gasteiger partial charge on any atom is -0.493 e. The van der Waals surface area contributed by atoms with Gasteiger partial charge in [-0.2, -0.15) is 0 Å². The summed E-state index contributed by atoms with van der Waals surface area (Å²) in [5.74, 6) is 1.52. The maximum atomic E-state index is 13.0. The van der Waals surface area contributed by atoms with Crippen molar-refractivity contribution in [2.75, 3.05) is 11.9 Å². The second kappa shape index (κ2) is 6.86. The first kappa shape index (κ1) is 18.4. The van der Waals surface area contributed by atoms with Gasteiger partial charge in [-0.15, -0.1) is 11.3 Å². The van der Waals surface area contributed by atoms with E-state index in [0.29, 0.717) is 17.9 Å². The van der Waals surface area contributed by atoms with Crippen LogP contribution in [0.25, 0.3) is 0 Å². The number of carbonyl (C=O) groups is 1. The third-order valence-corrected chi connectivity index (χ3v) is 6.98. The fourth-order valence-electron chi connectivity index (χ4n) is 4.20. The monoisotopic (exact) mass is 384 g/mol. The number of nitrogens with one attached hydrogen (secondary N) is 2. The molecule has 1 aliphatic heterocycles. The van der Waals surface area contributed by atoms with Crippen LogP contribution in [0.2, 0.25) is 0 Å². The van der Waals surface area contributed by atoms with E-state index in [2.05, 4.69) is 31.4 Å². The predicted molar refractivity (Wildman–Crippen MR) is 111 cm³/mol. The maximum Gasteiger partial charge on any atom is 0.256 e. The van der Waals surface area contributed by atoms with Crippen LogP contribution in [0.15, 0.2) is 24.3 Å². The highest BCUT2D eigenvalue weighted by Gasteiger charge is 2.36. The lowest BCUT2D eigenvalue weighted by Gasteiger charge is -2.34. The van der Waals surface area contributed by atoms with Crippen LogP contribution in [-0.2, 0) is 12.8 Å². The molecule has 2 atom stereocenters. The normalized spacial score (nSPS) is 21.7. The maximum absolute atomic E-state index is 13.0. The average molecular weight is 385 g/mol. The van der Waals surface area contributed by atoms with Crippen molar-refractivity contribution in [2.24, 2.45) is 11.3 Å². The molecule has 4 rings (SSSR count).